The SMILES string of the molecule is C=C(N=C(N=C(C)c1ccccc1)n1c2ccccc2c2cc3c4ccccc4n(-c4ccccc4)c3cc21)c1cccc(-c2ccccc2)c1. The molecule has 0 N–H and O–H groups in total. The topological polar surface area (TPSA) is 34.6 Å². The summed E-state index contributed by atoms with van der Waals surface area (Å²) in [5.74, 6) is 0.555. The molecule has 0 saturated heterocycles. The van der Waals surface area contributed by atoms with Crippen LogP contribution >= 0.6 is 0 Å². The Morgan fingerprint density at radius 2 is 1.02 bits per heavy atom. The maximum absolute atomic E-state index is 5.30. The van der Waals surface area contributed by atoms with Gasteiger partial charge in [-0.15, -0.1) is 0 Å². The van der Waals surface area contributed by atoms with E-state index in [1.807, 2.05) is 31.2 Å². The molecule has 0 fully saturated rings. The fraction of sp³-hybridized carbons (Fsp3) is 0.0213. The Bertz CT molecular complexity index is 2800. The molecule has 242 valence electrons. The first-order valence-electron chi connectivity index (χ1n) is 17.2. The number of hydrogen-bond donors (Lipinski definition) is 0. The van der Waals surface area contributed by atoms with Crippen molar-refractivity contribution < 1.29 is 0 Å². The zero-order valence-electron chi connectivity index (χ0n) is 28.2. The first kappa shape index (κ1) is 30.3. The van der Waals surface area contributed by atoms with E-state index >= 15 is 0 Å². The van der Waals surface area contributed by atoms with Gasteiger partial charge in [-0.1, -0.05) is 140 Å². The molecule has 0 atom stereocenters. The molecular weight excluding hydrogens is 621 g/mol. The van der Waals surface area contributed by atoms with Crippen molar-refractivity contribution in [3.05, 3.63) is 194 Å². The Balaban J connectivity index is 1.33. The standard InChI is InChI=1S/C47H34N4/c1-32(34-17-6-3-7-18-34)48-47(49-33(2)36-21-16-22-37(29-36)35-19-8-4-9-20-35)51-44-28-15-13-26-40(44)42-30-41-39-25-12-14-27-43(39)50(45(41)31-46(42)51)38-23-10-5-11-24-38/h3-31H,2H2,1H3. The molecule has 0 radical (unpaired) electrons. The van der Waals surface area contributed by atoms with Crippen molar-refractivity contribution in [2.45, 2.75) is 6.92 Å². The normalized spacial score (nSPS) is 12.3. The van der Waals surface area contributed by atoms with Crippen LogP contribution < -0.4 is 0 Å². The van der Waals surface area contributed by atoms with E-state index in [0.717, 1.165) is 61.0 Å². The van der Waals surface area contributed by atoms with Crippen molar-refractivity contribution in [3.63, 3.8) is 0 Å². The van der Waals surface area contributed by atoms with Gasteiger partial charge in [0.25, 0.3) is 0 Å². The molecule has 2 heterocycles. The highest BCUT2D eigenvalue weighted by atomic mass is 15.2. The van der Waals surface area contributed by atoms with Gasteiger partial charge in [0.2, 0.25) is 5.96 Å². The molecule has 0 saturated carbocycles. The summed E-state index contributed by atoms with van der Waals surface area (Å²) in [6.45, 7) is 6.55. The van der Waals surface area contributed by atoms with Gasteiger partial charge in [0.1, 0.15) is 0 Å². The maximum atomic E-state index is 5.30. The van der Waals surface area contributed by atoms with Gasteiger partial charge in [-0.05, 0) is 66.1 Å². The van der Waals surface area contributed by atoms with E-state index in [2.05, 4.69) is 167 Å². The number of fused-ring (bicyclic) bond motifs is 6. The summed E-state index contributed by atoms with van der Waals surface area (Å²) in [7, 11) is 0. The summed E-state index contributed by atoms with van der Waals surface area (Å²) in [5.41, 5.74) is 11.2. The zero-order chi connectivity index (χ0) is 34.3. The zero-order valence-corrected chi connectivity index (χ0v) is 28.2. The third-order valence-electron chi connectivity index (χ3n) is 9.68. The van der Waals surface area contributed by atoms with Gasteiger partial charge in [-0.2, -0.15) is 0 Å². The van der Waals surface area contributed by atoms with E-state index in [1.165, 1.54) is 16.3 Å². The summed E-state index contributed by atoms with van der Waals surface area (Å²) in [6.07, 6.45) is 0. The van der Waals surface area contributed by atoms with Crippen LogP contribution in [0, 0.1) is 0 Å². The molecule has 9 aromatic rings. The van der Waals surface area contributed by atoms with Crippen molar-refractivity contribution in [2.24, 2.45) is 9.98 Å². The second kappa shape index (κ2) is 12.6. The van der Waals surface area contributed by atoms with E-state index in [9.17, 15) is 0 Å². The average Bonchev–Trinajstić information content (AvgIpc) is 3.69. The van der Waals surface area contributed by atoms with Crippen LogP contribution in [-0.4, -0.2) is 20.8 Å². The summed E-state index contributed by atoms with van der Waals surface area (Å²) in [6, 6.07) is 61.5. The third-order valence-corrected chi connectivity index (χ3v) is 9.68. The molecule has 0 aliphatic rings. The monoisotopic (exact) mass is 654 g/mol. The van der Waals surface area contributed by atoms with Crippen molar-refractivity contribution >= 4 is 61.0 Å². The number of rotatable bonds is 5. The van der Waals surface area contributed by atoms with Crippen LogP contribution in [0.1, 0.15) is 18.1 Å². The second-order valence-corrected chi connectivity index (χ2v) is 12.8. The van der Waals surface area contributed by atoms with Crippen LogP contribution in [0.25, 0.3) is 66.1 Å². The molecule has 4 nitrogen and oxygen atoms in total. The van der Waals surface area contributed by atoms with Crippen LogP contribution in [0.2, 0.25) is 0 Å². The number of nitrogens with zero attached hydrogens (tertiary/aromatic N) is 4. The summed E-state index contributed by atoms with van der Waals surface area (Å²) in [4.78, 5) is 10.6. The van der Waals surface area contributed by atoms with E-state index in [0.29, 0.717) is 11.7 Å². The Morgan fingerprint density at radius 1 is 0.451 bits per heavy atom. The van der Waals surface area contributed by atoms with Gasteiger partial charge in [-0.25, -0.2) is 9.98 Å². The highest BCUT2D eigenvalue weighted by molar-refractivity contribution is 6.22. The Hall–Kier alpha value is -6.78. The first-order valence-corrected chi connectivity index (χ1v) is 17.2. The number of aliphatic imine (C=N–C) groups is 2. The molecule has 7 aromatic carbocycles. The number of aromatic nitrogens is 2. The van der Waals surface area contributed by atoms with Crippen LogP contribution in [0.5, 0.6) is 0 Å². The maximum Gasteiger partial charge on any atom is 0.235 e. The first-order chi connectivity index (χ1) is 25.1. The van der Waals surface area contributed by atoms with Gasteiger partial charge < -0.3 is 4.57 Å². The molecule has 0 amide bonds. The van der Waals surface area contributed by atoms with Crippen LogP contribution in [-0.2, 0) is 0 Å². The molecule has 0 aliphatic heterocycles. The molecule has 0 unspecified atom stereocenters. The third kappa shape index (κ3) is 5.34. The lowest BCUT2D eigenvalue weighted by molar-refractivity contribution is 1.18. The van der Waals surface area contributed by atoms with Crippen molar-refractivity contribution in [2.75, 3.05) is 0 Å². The molecular formula is C47H34N4. The lowest BCUT2D eigenvalue weighted by Gasteiger charge is -2.12. The Morgan fingerprint density at radius 3 is 1.76 bits per heavy atom. The second-order valence-electron chi connectivity index (χ2n) is 12.8. The quantitative estimate of drug-likeness (QED) is 0.131. The number of benzene rings is 7. The smallest absolute Gasteiger partial charge is 0.235 e. The molecule has 0 aliphatic carbocycles. The Kier molecular flexibility index (Phi) is 7.48. The lowest BCUT2D eigenvalue weighted by atomic mass is 10.0. The number of hydrogen-bond acceptors (Lipinski definition) is 1. The molecule has 51 heavy (non-hydrogen) atoms. The van der Waals surface area contributed by atoms with Gasteiger partial charge in [0.05, 0.1) is 27.8 Å². The van der Waals surface area contributed by atoms with Gasteiger partial charge in [0.15, 0.2) is 0 Å². The minimum Gasteiger partial charge on any atom is -0.309 e. The van der Waals surface area contributed by atoms with Crippen molar-refractivity contribution in [1.29, 1.82) is 0 Å². The van der Waals surface area contributed by atoms with E-state index in [4.69, 9.17) is 9.98 Å². The lowest BCUT2D eigenvalue weighted by Crippen LogP contribution is -2.12. The average molecular weight is 655 g/mol. The summed E-state index contributed by atoms with van der Waals surface area (Å²) < 4.78 is 4.56. The van der Waals surface area contributed by atoms with Crippen LogP contribution in [0.4, 0.5) is 0 Å². The van der Waals surface area contributed by atoms with Crippen molar-refractivity contribution in [1.82, 2.24) is 9.13 Å². The summed E-state index contributed by atoms with van der Waals surface area (Å²) >= 11 is 0. The van der Waals surface area contributed by atoms with E-state index in [1.54, 1.807) is 0 Å². The minimum absolute atomic E-state index is 0.555. The Labute approximate surface area is 296 Å². The predicted molar refractivity (Wildman–Crippen MR) is 216 cm³/mol. The number of para-hydroxylation sites is 3. The largest absolute Gasteiger partial charge is 0.309 e. The predicted octanol–water partition coefficient (Wildman–Crippen LogP) is 11.9. The molecule has 2 aromatic heterocycles. The van der Waals surface area contributed by atoms with E-state index < -0.39 is 0 Å². The molecule has 4 heteroatoms. The van der Waals surface area contributed by atoms with Gasteiger partial charge in [0, 0.05) is 38.5 Å². The molecule has 0 spiro atoms. The molecule has 9 rings (SSSR count). The van der Waals surface area contributed by atoms with Crippen LogP contribution in [0.3, 0.4) is 0 Å². The van der Waals surface area contributed by atoms with Gasteiger partial charge in [-0.3, -0.25) is 4.57 Å². The van der Waals surface area contributed by atoms with Crippen LogP contribution in [0.15, 0.2) is 192 Å². The van der Waals surface area contributed by atoms with E-state index in [-0.39, 0.29) is 0 Å². The highest BCUT2D eigenvalue weighted by Gasteiger charge is 2.20. The fourth-order valence-electron chi connectivity index (χ4n) is 7.21. The highest BCUT2D eigenvalue weighted by Crippen LogP contribution is 2.38. The fourth-order valence-corrected chi connectivity index (χ4v) is 7.21. The summed E-state index contributed by atoms with van der Waals surface area (Å²) in [5, 5.41) is 4.71. The molecule has 0 bridgehead atoms. The van der Waals surface area contributed by atoms with Crippen molar-refractivity contribution in [3.8, 4) is 16.8 Å². The minimum atomic E-state index is 0.555. The van der Waals surface area contributed by atoms with Gasteiger partial charge >= 0.3 is 0 Å².